The molecule has 14 heteroatoms. The summed E-state index contributed by atoms with van der Waals surface area (Å²) in [7, 11) is 0. The topological polar surface area (TPSA) is 231 Å². The third-order valence-corrected chi connectivity index (χ3v) is 7.02. The summed E-state index contributed by atoms with van der Waals surface area (Å²) in [5.74, 6) is -3.12. The van der Waals surface area contributed by atoms with E-state index in [1.807, 2.05) is 31.2 Å². The second-order valence-electron chi connectivity index (χ2n) is 10.6. The summed E-state index contributed by atoms with van der Waals surface area (Å²) in [4.78, 5) is 66.4. The van der Waals surface area contributed by atoms with Crippen molar-refractivity contribution < 1.29 is 33.8 Å². The number of para-hydroxylation sites is 1. The summed E-state index contributed by atoms with van der Waals surface area (Å²) in [6.45, 7) is 2.49. The van der Waals surface area contributed by atoms with Crippen LogP contribution in [0.1, 0.15) is 63.9 Å². The molecule has 4 amide bonds. The smallest absolute Gasteiger partial charge is 0.407 e. The van der Waals surface area contributed by atoms with Crippen molar-refractivity contribution in [1.82, 2.24) is 26.3 Å². The van der Waals surface area contributed by atoms with E-state index in [2.05, 4.69) is 26.3 Å². The van der Waals surface area contributed by atoms with E-state index in [4.69, 9.17) is 16.2 Å². The molecule has 3 atom stereocenters. The third kappa shape index (κ3) is 12.6. The zero-order valence-corrected chi connectivity index (χ0v) is 25.4. The molecule has 0 bridgehead atoms. The molecule has 0 aliphatic rings. The van der Waals surface area contributed by atoms with Gasteiger partial charge in [-0.25, -0.2) is 9.59 Å². The first kappa shape index (κ1) is 36.0. The Morgan fingerprint density at radius 2 is 1.55 bits per heavy atom. The van der Waals surface area contributed by atoms with Gasteiger partial charge in [0.2, 0.25) is 17.7 Å². The highest BCUT2D eigenvalue weighted by Gasteiger charge is 2.28. The van der Waals surface area contributed by atoms with Crippen LogP contribution in [-0.4, -0.2) is 84.2 Å². The number of carbonyl (C=O) groups is 5. The molecule has 244 valence electrons. The summed E-state index contributed by atoms with van der Waals surface area (Å²) in [6.07, 6.45) is 5.40. The van der Waals surface area contributed by atoms with Crippen LogP contribution in [0.15, 0.2) is 30.5 Å². The van der Waals surface area contributed by atoms with E-state index in [0.29, 0.717) is 45.2 Å². The maximum atomic E-state index is 13.4. The zero-order valence-electron chi connectivity index (χ0n) is 25.4. The van der Waals surface area contributed by atoms with Gasteiger partial charge in [-0.2, -0.15) is 0 Å². The largest absolute Gasteiger partial charge is 0.480 e. The van der Waals surface area contributed by atoms with Crippen LogP contribution in [0.4, 0.5) is 4.79 Å². The Labute approximate surface area is 257 Å². The molecule has 0 unspecified atom stereocenters. The highest BCUT2D eigenvalue weighted by atomic mass is 16.5. The summed E-state index contributed by atoms with van der Waals surface area (Å²) >= 11 is 0. The molecule has 1 heterocycles. The van der Waals surface area contributed by atoms with Crippen LogP contribution in [0.2, 0.25) is 0 Å². The Morgan fingerprint density at radius 1 is 0.864 bits per heavy atom. The highest BCUT2D eigenvalue weighted by Crippen LogP contribution is 2.19. The normalized spacial score (nSPS) is 13.0. The molecule has 0 aliphatic heterocycles. The first-order chi connectivity index (χ1) is 21.2. The van der Waals surface area contributed by atoms with Crippen molar-refractivity contribution in [2.45, 2.75) is 82.8 Å². The Bertz CT molecular complexity index is 1220. The molecular weight excluding hydrogens is 570 g/mol. The van der Waals surface area contributed by atoms with E-state index in [1.165, 1.54) is 0 Å². The summed E-state index contributed by atoms with van der Waals surface area (Å²) in [6, 6.07) is 4.25. The van der Waals surface area contributed by atoms with E-state index >= 15 is 0 Å². The molecule has 0 fully saturated rings. The van der Waals surface area contributed by atoms with Crippen LogP contribution >= 0.6 is 0 Å². The number of carbonyl (C=O) groups excluding carboxylic acids is 4. The fourth-order valence-corrected chi connectivity index (χ4v) is 4.54. The monoisotopic (exact) mass is 617 g/mol. The van der Waals surface area contributed by atoms with Crippen molar-refractivity contribution >= 4 is 40.7 Å². The van der Waals surface area contributed by atoms with E-state index in [1.54, 1.807) is 6.20 Å². The van der Waals surface area contributed by atoms with Crippen molar-refractivity contribution in [1.29, 1.82) is 0 Å². The number of ether oxygens (including phenoxy) is 1. The number of unbranched alkanes of at least 4 members (excludes halogenated alkanes) is 3. The number of benzene rings is 1. The van der Waals surface area contributed by atoms with Gasteiger partial charge in [-0.3, -0.25) is 14.4 Å². The van der Waals surface area contributed by atoms with E-state index in [9.17, 15) is 29.1 Å². The van der Waals surface area contributed by atoms with Gasteiger partial charge in [0.1, 0.15) is 18.1 Å². The Hall–Kier alpha value is -4.17. The number of nitrogens with two attached hydrogens (primary N) is 2. The minimum Gasteiger partial charge on any atom is -0.480 e. The van der Waals surface area contributed by atoms with Crippen LogP contribution < -0.4 is 32.7 Å². The maximum absolute atomic E-state index is 13.4. The number of aromatic nitrogens is 1. The number of amides is 4. The molecule has 0 aliphatic carbocycles. The molecular formula is C30H47N7O7. The molecule has 1 aromatic carbocycles. The van der Waals surface area contributed by atoms with Crippen molar-refractivity contribution in [3.8, 4) is 0 Å². The van der Waals surface area contributed by atoms with Crippen molar-refractivity contribution in [3.63, 3.8) is 0 Å². The number of hydrogen-bond acceptors (Lipinski definition) is 8. The van der Waals surface area contributed by atoms with Gasteiger partial charge in [0.15, 0.2) is 0 Å². The Balaban J connectivity index is 2.17. The zero-order chi connectivity index (χ0) is 32.3. The summed E-state index contributed by atoms with van der Waals surface area (Å²) in [5, 5.41) is 20.5. The first-order valence-corrected chi connectivity index (χ1v) is 15.2. The molecule has 2 rings (SSSR count). The van der Waals surface area contributed by atoms with Gasteiger partial charge < -0.3 is 47.6 Å². The Kier molecular flexibility index (Phi) is 16.3. The second kappa shape index (κ2) is 19.9. The van der Waals surface area contributed by atoms with Gasteiger partial charge >= 0.3 is 12.1 Å². The molecule has 10 N–H and O–H groups in total. The van der Waals surface area contributed by atoms with Gasteiger partial charge in [-0.15, -0.1) is 0 Å². The first-order valence-electron chi connectivity index (χ1n) is 15.2. The van der Waals surface area contributed by atoms with Crippen LogP contribution in [-0.2, 0) is 30.3 Å². The lowest BCUT2D eigenvalue weighted by atomic mass is 10.0. The van der Waals surface area contributed by atoms with E-state index in [-0.39, 0.29) is 25.9 Å². The van der Waals surface area contributed by atoms with Crippen LogP contribution in [0, 0.1) is 0 Å². The molecule has 0 saturated carbocycles. The van der Waals surface area contributed by atoms with Gasteiger partial charge in [0.25, 0.3) is 0 Å². The standard InChI is InChI=1S/C30H47N7O7/c1-2-3-16-44-30(43)37-23(12-6-8-14-31)28(40)36-25(17-20-18-33-22-11-5-4-10-21(20)22)27(39)34-19-26(38)35-24(29(41)42)13-7-9-15-32/h4-5,10-11,18,23-25,33H,2-3,6-9,12-17,19,31-32H2,1H3,(H,34,39)(H,35,38)(H,36,40)(H,37,43)(H,41,42)/t23-,24-,25-/m0/s1. The van der Waals surface area contributed by atoms with Crippen LogP contribution in [0.3, 0.4) is 0 Å². The van der Waals surface area contributed by atoms with Gasteiger partial charge in [0.05, 0.1) is 13.2 Å². The lowest BCUT2D eigenvalue weighted by Crippen LogP contribution is -2.55. The molecule has 0 spiro atoms. The van der Waals surface area contributed by atoms with Crippen LogP contribution in [0.25, 0.3) is 10.9 Å². The summed E-state index contributed by atoms with van der Waals surface area (Å²) < 4.78 is 5.17. The SMILES string of the molecule is CCCCOC(=O)N[C@@H](CCCCN)C(=O)N[C@@H](Cc1c[nH]c2ccccc12)C(=O)NCC(=O)N[C@@H](CCCCN)C(=O)O. The molecule has 1 aromatic heterocycles. The number of hydrogen-bond donors (Lipinski definition) is 8. The number of rotatable bonds is 21. The fourth-order valence-electron chi connectivity index (χ4n) is 4.54. The molecule has 14 nitrogen and oxygen atoms in total. The van der Waals surface area contributed by atoms with Crippen molar-refractivity contribution in [3.05, 3.63) is 36.0 Å². The van der Waals surface area contributed by atoms with Gasteiger partial charge in [0, 0.05) is 23.5 Å². The predicted molar refractivity (Wildman–Crippen MR) is 166 cm³/mol. The number of aliphatic carboxylic acids is 1. The lowest BCUT2D eigenvalue weighted by molar-refractivity contribution is -0.142. The van der Waals surface area contributed by atoms with E-state index in [0.717, 1.165) is 22.9 Å². The second-order valence-corrected chi connectivity index (χ2v) is 10.6. The van der Waals surface area contributed by atoms with Gasteiger partial charge in [-0.05, 0) is 69.7 Å². The minimum absolute atomic E-state index is 0.0799. The van der Waals surface area contributed by atoms with Crippen molar-refractivity contribution in [2.24, 2.45) is 11.5 Å². The number of alkyl carbamates (subject to hydrolysis) is 1. The molecule has 2 aromatic rings. The Morgan fingerprint density at radius 3 is 2.20 bits per heavy atom. The number of H-pyrrole nitrogens is 1. The number of fused-ring (bicyclic) bond motifs is 1. The van der Waals surface area contributed by atoms with Gasteiger partial charge in [-0.1, -0.05) is 31.5 Å². The quantitative estimate of drug-likeness (QED) is 0.0934. The average Bonchev–Trinajstić information content (AvgIpc) is 3.41. The van der Waals surface area contributed by atoms with Crippen molar-refractivity contribution in [2.75, 3.05) is 26.2 Å². The molecule has 0 radical (unpaired) electrons. The number of aromatic amines is 1. The lowest BCUT2D eigenvalue weighted by Gasteiger charge is -2.23. The fraction of sp³-hybridized carbons (Fsp3) is 0.567. The van der Waals surface area contributed by atoms with E-state index < -0.39 is 54.5 Å². The highest BCUT2D eigenvalue weighted by molar-refractivity contribution is 5.94. The minimum atomic E-state index is -1.19. The predicted octanol–water partition coefficient (Wildman–Crippen LogP) is 1.03. The average molecular weight is 618 g/mol. The third-order valence-electron chi connectivity index (χ3n) is 7.02. The summed E-state index contributed by atoms with van der Waals surface area (Å²) in [5.41, 5.74) is 12.7. The molecule has 0 saturated heterocycles. The molecule has 44 heavy (non-hydrogen) atoms. The number of nitrogens with one attached hydrogen (secondary N) is 5. The van der Waals surface area contributed by atoms with Crippen LogP contribution in [0.5, 0.6) is 0 Å². The number of carboxylic acid groups (broad SMARTS) is 1. The number of carboxylic acids is 1. The maximum Gasteiger partial charge on any atom is 0.407 e.